The van der Waals surface area contributed by atoms with Gasteiger partial charge in [0.2, 0.25) is 5.89 Å². The molecular weight excluding hydrogens is 658 g/mol. The van der Waals surface area contributed by atoms with Gasteiger partial charge in [0, 0.05) is 60.1 Å². The fraction of sp³-hybridized carbons (Fsp3) is 0.308. The van der Waals surface area contributed by atoms with E-state index in [1.165, 1.54) is 0 Å². The predicted molar refractivity (Wildman–Crippen MR) is 194 cm³/mol. The molecule has 0 aliphatic carbocycles. The number of aliphatic carboxylic acids is 1. The first kappa shape index (κ1) is 36.4. The van der Waals surface area contributed by atoms with E-state index >= 15 is 0 Å². The molecule has 0 fully saturated rings. The number of rotatable bonds is 14. The number of halogens is 1. The molecule has 3 aromatic heterocycles. The van der Waals surface area contributed by atoms with Gasteiger partial charge >= 0.3 is 11.9 Å². The van der Waals surface area contributed by atoms with Gasteiger partial charge in [-0.25, -0.2) is 14.6 Å². The number of ether oxygens (including phenoxy) is 3. The van der Waals surface area contributed by atoms with Gasteiger partial charge in [-0.3, -0.25) is 0 Å². The summed E-state index contributed by atoms with van der Waals surface area (Å²) in [5, 5.41) is 12.1. The number of aryl methyl sites for hydroxylation is 1. The molecule has 0 aliphatic heterocycles. The molecule has 0 spiro atoms. The van der Waals surface area contributed by atoms with Crippen LogP contribution in [0.5, 0.6) is 0 Å². The SMILES string of the molecule is CCOC(=O)C(Cc1ccc2[nH]ccc2c1)OCC.CCOC(Cc1ccc2c(ccn2Cc2nc(-c3cccc(Cl)c3)oc2C)c1)C(=O)O. The van der Waals surface area contributed by atoms with E-state index < -0.39 is 18.2 Å². The molecule has 262 valence electrons. The second-order valence-electron chi connectivity index (χ2n) is 11.7. The van der Waals surface area contributed by atoms with E-state index in [9.17, 15) is 14.7 Å². The molecule has 0 bridgehead atoms. The summed E-state index contributed by atoms with van der Waals surface area (Å²) in [6.07, 6.45) is 3.40. The Morgan fingerprint density at radius 3 is 2.34 bits per heavy atom. The van der Waals surface area contributed by atoms with E-state index in [-0.39, 0.29) is 5.97 Å². The fourth-order valence-corrected chi connectivity index (χ4v) is 5.91. The lowest BCUT2D eigenvalue weighted by Gasteiger charge is -2.15. The number of nitrogens with zero attached hydrogens (tertiary/aromatic N) is 2. The van der Waals surface area contributed by atoms with Crippen LogP contribution in [0.2, 0.25) is 5.02 Å². The number of benzene rings is 3. The van der Waals surface area contributed by atoms with Crippen molar-refractivity contribution in [2.75, 3.05) is 19.8 Å². The molecule has 6 aromatic rings. The van der Waals surface area contributed by atoms with Crippen LogP contribution in [0.1, 0.15) is 43.4 Å². The monoisotopic (exact) mass is 699 g/mol. The lowest BCUT2D eigenvalue weighted by molar-refractivity contribution is -0.156. The minimum atomic E-state index is -0.948. The number of carboxylic acid groups (broad SMARTS) is 1. The first-order chi connectivity index (χ1) is 24.2. The van der Waals surface area contributed by atoms with Gasteiger partial charge in [-0.15, -0.1) is 0 Å². The van der Waals surface area contributed by atoms with Crippen molar-refractivity contribution in [3.8, 4) is 11.5 Å². The Morgan fingerprint density at radius 1 is 0.900 bits per heavy atom. The zero-order valence-electron chi connectivity index (χ0n) is 28.6. The van der Waals surface area contributed by atoms with Crippen molar-refractivity contribution in [3.63, 3.8) is 0 Å². The maximum Gasteiger partial charge on any atom is 0.335 e. The van der Waals surface area contributed by atoms with Crippen molar-refractivity contribution in [1.82, 2.24) is 14.5 Å². The molecule has 50 heavy (non-hydrogen) atoms. The Balaban J connectivity index is 0.000000219. The maximum absolute atomic E-state index is 11.8. The third kappa shape index (κ3) is 9.20. The number of aromatic nitrogens is 3. The number of carbonyl (C=O) groups is 2. The molecule has 2 N–H and O–H groups in total. The van der Waals surface area contributed by atoms with Crippen LogP contribution in [0.15, 0.2) is 89.6 Å². The molecule has 0 radical (unpaired) electrons. The van der Waals surface area contributed by atoms with Crippen LogP contribution in [0.25, 0.3) is 33.3 Å². The molecule has 0 aliphatic rings. The molecule has 0 saturated heterocycles. The van der Waals surface area contributed by atoms with Crippen molar-refractivity contribution >= 4 is 45.3 Å². The number of hydrogen-bond donors (Lipinski definition) is 2. The molecule has 3 heterocycles. The highest BCUT2D eigenvalue weighted by Crippen LogP contribution is 2.26. The number of nitrogens with one attached hydrogen (secondary N) is 1. The predicted octanol–water partition coefficient (Wildman–Crippen LogP) is 8.02. The Kier molecular flexibility index (Phi) is 12.5. The fourth-order valence-electron chi connectivity index (χ4n) is 5.72. The Bertz CT molecular complexity index is 2050. The largest absolute Gasteiger partial charge is 0.479 e. The van der Waals surface area contributed by atoms with Gasteiger partial charge in [0.1, 0.15) is 11.5 Å². The Morgan fingerprint density at radius 2 is 1.62 bits per heavy atom. The maximum atomic E-state index is 11.8. The summed E-state index contributed by atoms with van der Waals surface area (Å²) in [4.78, 5) is 31.0. The molecule has 0 amide bonds. The first-order valence-electron chi connectivity index (χ1n) is 16.7. The van der Waals surface area contributed by atoms with Gasteiger partial charge in [0.05, 0.1) is 13.2 Å². The van der Waals surface area contributed by atoms with Crippen molar-refractivity contribution < 1.29 is 33.3 Å². The van der Waals surface area contributed by atoms with Crippen LogP contribution >= 0.6 is 11.6 Å². The highest BCUT2D eigenvalue weighted by Gasteiger charge is 2.21. The van der Waals surface area contributed by atoms with Crippen LogP contribution in [-0.2, 0) is 43.2 Å². The topological polar surface area (TPSA) is 129 Å². The summed E-state index contributed by atoms with van der Waals surface area (Å²) in [5.74, 6) is 0.0638. The highest BCUT2D eigenvalue weighted by atomic mass is 35.5. The number of aromatic amines is 1. The molecule has 10 nitrogen and oxygen atoms in total. The van der Waals surface area contributed by atoms with Gasteiger partial charge in [-0.05, 0) is 104 Å². The van der Waals surface area contributed by atoms with Crippen molar-refractivity contribution in [1.29, 1.82) is 0 Å². The number of hydrogen-bond acceptors (Lipinski definition) is 7. The van der Waals surface area contributed by atoms with Gasteiger partial charge in [0.25, 0.3) is 0 Å². The van der Waals surface area contributed by atoms with Crippen molar-refractivity contribution in [2.45, 2.75) is 59.3 Å². The summed E-state index contributed by atoms with van der Waals surface area (Å²) in [5.41, 5.74) is 5.81. The standard InChI is InChI=1S/C24H23ClN2O4.C15H19NO3/c1-3-30-22(24(28)29)12-16-7-8-21-17(11-16)9-10-27(21)14-20-15(2)31-23(26-20)18-5-4-6-19(25)13-18;1-3-18-14(15(17)19-4-2)10-11-5-6-13-12(9-11)7-8-16-13/h4-11,13,22H,3,12,14H2,1-2H3,(H,28,29);5-9,14,16H,3-4,10H2,1-2H3. The van der Waals surface area contributed by atoms with Crippen LogP contribution in [0.3, 0.4) is 0 Å². The lowest BCUT2D eigenvalue weighted by Crippen LogP contribution is -2.28. The molecular formula is C39H42ClN3O7. The van der Waals surface area contributed by atoms with Crippen LogP contribution in [0, 0.1) is 6.92 Å². The highest BCUT2D eigenvalue weighted by molar-refractivity contribution is 6.30. The molecule has 11 heteroatoms. The van der Waals surface area contributed by atoms with Gasteiger partial charge in [-0.1, -0.05) is 29.8 Å². The zero-order chi connectivity index (χ0) is 35.6. The van der Waals surface area contributed by atoms with E-state index in [0.29, 0.717) is 50.1 Å². The van der Waals surface area contributed by atoms with E-state index in [0.717, 1.165) is 50.0 Å². The number of fused-ring (bicyclic) bond motifs is 2. The number of carbonyl (C=O) groups excluding carboxylic acids is 1. The quantitative estimate of drug-likeness (QED) is 0.109. The second-order valence-corrected chi connectivity index (χ2v) is 12.1. The minimum absolute atomic E-state index is 0.293. The Labute approximate surface area is 295 Å². The summed E-state index contributed by atoms with van der Waals surface area (Å²) in [7, 11) is 0. The summed E-state index contributed by atoms with van der Waals surface area (Å²) >= 11 is 6.09. The van der Waals surface area contributed by atoms with Crippen LogP contribution < -0.4 is 0 Å². The lowest BCUT2D eigenvalue weighted by atomic mass is 10.1. The van der Waals surface area contributed by atoms with Gasteiger partial charge < -0.3 is 33.3 Å². The van der Waals surface area contributed by atoms with Crippen molar-refractivity contribution in [3.05, 3.63) is 113 Å². The van der Waals surface area contributed by atoms with E-state index in [2.05, 4.69) is 20.6 Å². The summed E-state index contributed by atoms with van der Waals surface area (Å²) in [6.45, 7) is 9.17. The van der Waals surface area contributed by atoms with Crippen LogP contribution in [0.4, 0.5) is 0 Å². The average Bonchev–Trinajstić information content (AvgIpc) is 3.83. The van der Waals surface area contributed by atoms with E-state index in [1.54, 1.807) is 13.8 Å². The number of H-pyrrole nitrogens is 1. The number of carboxylic acids is 1. The van der Waals surface area contributed by atoms with Gasteiger partial charge in [-0.2, -0.15) is 0 Å². The minimum Gasteiger partial charge on any atom is -0.479 e. The smallest absolute Gasteiger partial charge is 0.335 e. The van der Waals surface area contributed by atoms with E-state index in [1.807, 2.05) is 93.0 Å². The zero-order valence-corrected chi connectivity index (χ0v) is 29.4. The van der Waals surface area contributed by atoms with E-state index in [4.69, 9.17) is 30.2 Å². The third-order valence-corrected chi connectivity index (χ3v) is 8.38. The third-order valence-electron chi connectivity index (χ3n) is 8.14. The second kappa shape index (κ2) is 17.2. The molecule has 2 atom stereocenters. The van der Waals surface area contributed by atoms with Gasteiger partial charge in [0.15, 0.2) is 12.2 Å². The molecule has 0 saturated carbocycles. The number of oxazole rings is 1. The van der Waals surface area contributed by atoms with Crippen LogP contribution in [-0.4, -0.2) is 63.6 Å². The molecule has 2 unspecified atom stereocenters. The van der Waals surface area contributed by atoms with Crippen molar-refractivity contribution in [2.24, 2.45) is 0 Å². The first-order valence-corrected chi connectivity index (χ1v) is 17.0. The summed E-state index contributed by atoms with van der Waals surface area (Å²) < 4.78 is 23.8. The Hall–Kier alpha value is -4.90. The summed E-state index contributed by atoms with van der Waals surface area (Å²) in [6, 6.07) is 23.5. The average molecular weight is 700 g/mol. The normalized spacial score (nSPS) is 12.4. The molecule has 3 aromatic carbocycles. The number of esters is 1. The molecule has 6 rings (SSSR count).